The second-order valence-electron chi connectivity index (χ2n) is 6.96. The first-order valence-electron chi connectivity index (χ1n) is 9.68. The first-order valence-corrected chi connectivity index (χ1v) is 9.68. The zero-order chi connectivity index (χ0) is 25.8. The Morgan fingerprint density at radius 3 is 1.89 bits per heavy atom. The maximum Gasteiger partial charge on any atom is 0.416 e. The van der Waals surface area contributed by atoms with E-state index in [1.54, 1.807) is 0 Å². The number of rotatable bonds is 5. The van der Waals surface area contributed by atoms with Crippen LogP contribution in [0.15, 0.2) is 60.8 Å². The van der Waals surface area contributed by atoms with Crippen LogP contribution in [0.1, 0.15) is 21.6 Å². The molecule has 0 saturated carbocycles. The van der Waals surface area contributed by atoms with Gasteiger partial charge in [0.25, 0.3) is 5.91 Å². The molecule has 35 heavy (non-hydrogen) atoms. The van der Waals surface area contributed by atoms with Gasteiger partial charge in [-0.3, -0.25) is 9.78 Å². The van der Waals surface area contributed by atoms with Crippen LogP contribution in [0.3, 0.4) is 0 Å². The molecule has 0 radical (unpaired) electrons. The first kappa shape index (κ1) is 25.3. The maximum atomic E-state index is 13.0. The van der Waals surface area contributed by atoms with Crippen molar-refractivity contribution in [3.8, 4) is 11.5 Å². The topological polar surface area (TPSA) is 92.4 Å². The van der Waals surface area contributed by atoms with Crippen molar-refractivity contribution >= 4 is 23.3 Å². The number of aromatic nitrogens is 1. The molecule has 7 nitrogen and oxygen atoms in total. The summed E-state index contributed by atoms with van der Waals surface area (Å²) in [7, 11) is 1.45. The van der Waals surface area contributed by atoms with Crippen molar-refractivity contribution in [3.63, 3.8) is 0 Å². The molecular formula is C22H16F6N4O3. The summed E-state index contributed by atoms with van der Waals surface area (Å²) in [6, 6.07) is 8.29. The van der Waals surface area contributed by atoms with Gasteiger partial charge < -0.3 is 20.7 Å². The van der Waals surface area contributed by atoms with Crippen LogP contribution in [0.25, 0.3) is 0 Å². The van der Waals surface area contributed by atoms with E-state index >= 15 is 0 Å². The van der Waals surface area contributed by atoms with Crippen molar-refractivity contribution < 1.29 is 40.7 Å². The maximum absolute atomic E-state index is 13.0. The summed E-state index contributed by atoms with van der Waals surface area (Å²) in [6.07, 6.45) is -8.71. The summed E-state index contributed by atoms with van der Waals surface area (Å²) in [5, 5.41) is 6.69. The Morgan fingerprint density at radius 1 is 0.771 bits per heavy atom. The molecule has 0 aliphatic rings. The number of urea groups is 1. The van der Waals surface area contributed by atoms with Crippen molar-refractivity contribution in [2.24, 2.45) is 0 Å². The van der Waals surface area contributed by atoms with E-state index in [0.29, 0.717) is 23.6 Å². The molecule has 0 bridgehead atoms. The minimum absolute atomic E-state index is 0.0395. The zero-order valence-electron chi connectivity index (χ0n) is 17.7. The number of ether oxygens (including phenoxy) is 1. The Labute approximate surface area is 194 Å². The van der Waals surface area contributed by atoms with Crippen molar-refractivity contribution in [1.82, 2.24) is 10.3 Å². The van der Waals surface area contributed by atoms with Crippen molar-refractivity contribution in [2.75, 3.05) is 17.7 Å². The lowest BCUT2D eigenvalue weighted by atomic mass is 10.1. The molecular weight excluding hydrogens is 482 g/mol. The number of nitrogens with one attached hydrogen (secondary N) is 3. The second kappa shape index (κ2) is 9.91. The smallest absolute Gasteiger partial charge is 0.416 e. The van der Waals surface area contributed by atoms with Crippen LogP contribution in [0.2, 0.25) is 0 Å². The molecule has 0 unspecified atom stereocenters. The predicted octanol–water partition coefficient (Wildman–Crippen LogP) is 5.92. The van der Waals surface area contributed by atoms with Crippen LogP contribution in [0, 0.1) is 0 Å². The average Bonchev–Trinajstić information content (AvgIpc) is 2.78. The summed E-state index contributed by atoms with van der Waals surface area (Å²) in [5.74, 6) is 0.212. The van der Waals surface area contributed by atoms with Crippen LogP contribution >= 0.6 is 0 Å². The van der Waals surface area contributed by atoms with E-state index in [2.05, 4.69) is 15.6 Å². The quantitative estimate of drug-likeness (QED) is 0.381. The number of pyridine rings is 1. The summed E-state index contributed by atoms with van der Waals surface area (Å²) in [5.41, 5.74) is -3.49. The highest BCUT2D eigenvalue weighted by atomic mass is 19.4. The Balaban J connectivity index is 1.69. The highest BCUT2D eigenvalue weighted by molar-refractivity contribution is 5.99. The molecule has 13 heteroatoms. The van der Waals surface area contributed by atoms with Crippen molar-refractivity contribution in [2.45, 2.75) is 12.4 Å². The fraction of sp³-hybridized carbons (Fsp3) is 0.136. The fourth-order valence-corrected chi connectivity index (χ4v) is 2.79. The van der Waals surface area contributed by atoms with Gasteiger partial charge >= 0.3 is 18.4 Å². The fourth-order valence-electron chi connectivity index (χ4n) is 2.79. The number of alkyl halides is 6. The van der Waals surface area contributed by atoms with Crippen molar-refractivity contribution in [3.05, 3.63) is 77.6 Å². The molecule has 3 amide bonds. The van der Waals surface area contributed by atoms with Crippen LogP contribution in [-0.4, -0.2) is 24.0 Å². The van der Waals surface area contributed by atoms with Crippen LogP contribution < -0.4 is 20.7 Å². The van der Waals surface area contributed by atoms with E-state index in [-0.39, 0.29) is 17.4 Å². The Morgan fingerprint density at radius 2 is 1.34 bits per heavy atom. The standard InChI is InChI=1S/C22H16F6N4O3/c1-29-19(33)18-11-17(6-7-30-18)35-16-4-2-14(3-5-16)31-20(34)32-15-9-12(21(23,24)25)8-13(10-15)22(26,27)28/h2-11H,1H3,(H,29,33)(H2,31,32,34). The van der Waals surface area contributed by atoms with Gasteiger partial charge in [0.2, 0.25) is 0 Å². The van der Waals surface area contributed by atoms with Gasteiger partial charge in [0.05, 0.1) is 11.1 Å². The van der Waals surface area contributed by atoms with E-state index in [1.165, 1.54) is 49.6 Å². The Kier molecular flexibility index (Phi) is 7.17. The summed E-state index contributed by atoms with van der Waals surface area (Å²) < 4.78 is 83.4. The van der Waals surface area contributed by atoms with Gasteiger partial charge in [0.1, 0.15) is 17.2 Å². The number of hydrogen-bond donors (Lipinski definition) is 3. The van der Waals surface area contributed by atoms with E-state index in [1.807, 2.05) is 5.32 Å². The number of anilines is 2. The molecule has 0 fully saturated rings. The van der Waals surface area contributed by atoms with E-state index in [9.17, 15) is 35.9 Å². The lowest BCUT2D eigenvalue weighted by Gasteiger charge is -2.15. The van der Waals surface area contributed by atoms with Gasteiger partial charge in [0, 0.05) is 30.7 Å². The SMILES string of the molecule is CNC(=O)c1cc(Oc2ccc(NC(=O)Nc3cc(C(F)(F)F)cc(C(F)(F)F)c3)cc2)ccn1. The molecule has 0 aliphatic heterocycles. The molecule has 0 aliphatic carbocycles. The number of amides is 3. The molecule has 1 heterocycles. The van der Waals surface area contributed by atoms with Gasteiger partial charge in [0.15, 0.2) is 0 Å². The molecule has 1 aromatic heterocycles. The summed E-state index contributed by atoms with van der Waals surface area (Å²) >= 11 is 0. The predicted molar refractivity (Wildman–Crippen MR) is 113 cm³/mol. The zero-order valence-corrected chi connectivity index (χ0v) is 17.7. The van der Waals surface area contributed by atoms with Gasteiger partial charge in [-0.15, -0.1) is 0 Å². The minimum atomic E-state index is -5.04. The molecule has 0 saturated heterocycles. The molecule has 3 N–H and O–H groups in total. The Bertz CT molecular complexity index is 1190. The molecule has 2 aromatic carbocycles. The molecule has 3 rings (SSSR count). The van der Waals surface area contributed by atoms with E-state index in [0.717, 1.165) is 0 Å². The number of carbonyl (C=O) groups excluding carboxylic acids is 2. The number of halogens is 6. The highest BCUT2D eigenvalue weighted by Crippen LogP contribution is 2.37. The third-order valence-corrected chi connectivity index (χ3v) is 4.38. The molecule has 0 spiro atoms. The monoisotopic (exact) mass is 498 g/mol. The van der Waals surface area contributed by atoms with Crippen LogP contribution in [0.5, 0.6) is 11.5 Å². The van der Waals surface area contributed by atoms with Gasteiger partial charge in [-0.1, -0.05) is 0 Å². The number of nitrogens with zero attached hydrogens (tertiary/aromatic N) is 1. The third kappa shape index (κ3) is 6.85. The second-order valence-corrected chi connectivity index (χ2v) is 6.96. The molecule has 184 valence electrons. The van der Waals surface area contributed by atoms with Crippen LogP contribution in [-0.2, 0) is 12.4 Å². The van der Waals surface area contributed by atoms with E-state index in [4.69, 9.17) is 4.74 Å². The van der Waals surface area contributed by atoms with Gasteiger partial charge in [-0.2, -0.15) is 26.3 Å². The Hall–Kier alpha value is -4.29. The lowest BCUT2D eigenvalue weighted by molar-refractivity contribution is -0.143. The van der Waals surface area contributed by atoms with Gasteiger partial charge in [-0.05, 0) is 48.5 Å². The number of hydrogen-bond acceptors (Lipinski definition) is 4. The number of benzene rings is 2. The summed E-state index contributed by atoms with van der Waals surface area (Å²) in [6.45, 7) is 0. The molecule has 3 aromatic rings. The van der Waals surface area contributed by atoms with Crippen molar-refractivity contribution in [1.29, 1.82) is 0 Å². The normalized spacial score (nSPS) is 11.5. The van der Waals surface area contributed by atoms with E-state index < -0.39 is 41.1 Å². The number of carbonyl (C=O) groups is 2. The third-order valence-electron chi connectivity index (χ3n) is 4.38. The summed E-state index contributed by atoms with van der Waals surface area (Å²) in [4.78, 5) is 27.7. The largest absolute Gasteiger partial charge is 0.457 e. The highest BCUT2D eigenvalue weighted by Gasteiger charge is 2.37. The van der Waals surface area contributed by atoms with Crippen LogP contribution in [0.4, 0.5) is 42.5 Å². The lowest BCUT2D eigenvalue weighted by Crippen LogP contribution is -2.20. The van der Waals surface area contributed by atoms with Gasteiger partial charge in [-0.25, -0.2) is 4.79 Å². The first-order chi connectivity index (χ1) is 16.3. The molecule has 0 atom stereocenters. The minimum Gasteiger partial charge on any atom is -0.457 e. The average molecular weight is 498 g/mol.